The third kappa shape index (κ3) is 2.38. The lowest BCUT2D eigenvalue weighted by Crippen LogP contribution is -2.16. The van der Waals surface area contributed by atoms with Crippen molar-refractivity contribution in [2.75, 3.05) is 34.5 Å². The molecule has 0 saturated heterocycles. The lowest BCUT2D eigenvalue weighted by molar-refractivity contribution is 0.0927. The Hall–Kier alpha value is -1.95. The zero-order valence-electron chi connectivity index (χ0n) is 11.8. The van der Waals surface area contributed by atoms with E-state index in [1.807, 2.05) is 0 Å². The molecule has 1 aromatic rings. The second-order valence-electron chi connectivity index (χ2n) is 4.51. The van der Waals surface area contributed by atoms with Crippen LogP contribution < -0.4 is 18.9 Å². The van der Waals surface area contributed by atoms with Gasteiger partial charge in [-0.3, -0.25) is 4.79 Å². The summed E-state index contributed by atoms with van der Waals surface area (Å²) >= 11 is 0. The fourth-order valence-corrected chi connectivity index (χ4v) is 2.23. The lowest BCUT2D eigenvalue weighted by atomic mass is 10.00. The average molecular weight is 282 g/mol. The highest BCUT2D eigenvalue weighted by atomic mass is 16.5. The highest BCUT2D eigenvalue weighted by molar-refractivity contribution is 6.01. The third-order valence-corrected chi connectivity index (χ3v) is 3.28. The van der Waals surface area contributed by atoms with Crippen molar-refractivity contribution in [3.63, 3.8) is 0 Å². The SMILES string of the molecule is COc1cc2c(c(OC)c1OC)OCC(CO)CC2=O. The molecular weight excluding hydrogens is 264 g/mol. The van der Waals surface area contributed by atoms with Crippen LogP contribution in [0.3, 0.4) is 0 Å². The second kappa shape index (κ2) is 6.00. The van der Waals surface area contributed by atoms with E-state index in [1.54, 1.807) is 6.07 Å². The number of carbonyl (C=O) groups is 1. The molecule has 0 saturated carbocycles. The Morgan fingerprint density at radius 2 is 1.95 bits per heavy atom. The van der Waals surface area contributed by atoms with Gasteiger partial charge in [0.1, 0.15) is 0 Å². The molecule has 0 bridgehead atoms. The van der Waals surface area contributed by atoms with Gasteiger partial charge in [-0.25, -0.2) is 0 Å². The van der Waals surface area contributed by atoms with Gasteiger partial charge in [-0.15, -0.1) is 0 Å². The number of rotatable bonds is 4. The number of ether oxygens (including phenoxy) is 4. The van der Waals surface area contributed by atoms with Crippen LogP contribution in [0.25, 0.3) is 0 Å². The Balaban J connectivity index is 2.59. The van der Waals surface area contributed by atoms with Crippen molar-refractivity contribution in [3.05, 3.63) is 11.6 Å². The normalized spacial score (nSPS) is 17.8. The number of fused-ring (bicyclic) bond motifs is 1. The van der Waals surface area contributed by atoms with Crippen molar-refractivity contribution in [1.82, 2.24) is 0 Å². The largest absolute Gasteiger partial charge is 0.493 e. The molecule has 6 heteroatoms. The first-order valence-corrected chi connectivity index (χ1v) is 6.26. The molecular formula is C14H18O6. The topological polar surface area (TPSA) is 74.2 Å². The number of carbonyl (C=O) groups excluding carboxylic acids is 1. The van der Waals surface area contributed by atoms with Gasteiger partial charge in [0.2, 0.25) is 11.5 Å². The van der Waals surface area contributed by atoms with E-state index in [-0.39, 0.29) is 31.3 Å². The lowest BCUT2D eigenvalue weighted by Gasteiger charge is -2.17. The summed E-state index contributed by atoms with van der Waals surface area (Å²) in [4.78, 5) is 12.3. The van der Waals surface area contributed by atoms with Crippen LogP contribution >= 0.6 is 0 Å². The van der Waals surface area contributed by atoms with Crippen molar-refractivity contribution >= 4 is 5.78 Å². The van der Waals surface area contributed by atoms with Gasteiger partial charge in [0.15, 0.2) is 17.3 Å². The molecule has 2 rings (SSSR count). The molecule has 110 valence electrons. The van der Waals surface area contributed by atoms with Gasteiger partial charge in [-0.2, -0.15) is 0 Å². The summed E-state index contributed by atoms with van der Waals surface area (Å²) in [6.07, 6.45) is 0.224. The molecule has 0 aliphatic carbocycles. The Labute approximate surface area is 117 Å². The fourth-order valence-electron chi connectivity index (χ4n) is 2.23. The maximum Gasteiger partial charge on any atom is 0.208 e. The number of ketones is 1. The number of benzene rings is 1. The summed E-state index contributed by atoms with van der Waals surface area (Å²) in [7, 11) is 4.45. The van der Waals surface area contributed by atoms with Gasteiger partial charge < -0.3 is 24.1 Å². The second-order valence-corrected chi connectivity index (χ2v) is 4.51. The third-order valence-electron chi connectivity index (χ3n) is 3.28. The predicted molar refractivity (Wildman–Crippen MR) is 71.1 cm³/mol. The highest BCUT2D eigenvalue weighted by Gasteiger charge is 2.30. The first-order valence-electron chi connectivity index (χ1n) is 6.26. The van der Waals surface area contributed by atoms with Gasteiger partial charge in [0.25, 0.3) is 0 Å². The van der Waals surface area contributed by atoms with Crippen LogP contribution in [-0.4, -0.2) is 45.4 Å². The number of Topliss-reactive ketones (excluding diaryl/α,β-unsaturated/α-hetero) is 1. The summed E-state index contributed by atoms with van der Waals surface area (Å²) in [5, 5.41) is 9.23. The van der Waals surface area contributed by atoms with Crippen LogP contribution in [0.2, 0.25) is 0 Å². The predicted octanol–water partition coefficient (Wildman–Crippen LogP) is 1.29. The molecule has 0 radical (unpaired) electrons. The van der Waals surface area contributed by atoms with Crippen LogP contribution in [0.1, 0.15) is 16.8 Å². The molecule has 1 aliphatic rings. The number of hydrogen-bond acceptors (Lipinski definition) is 6. The molecule has 0 spiro atoms. The number of methoxy groups -OCH3 is 3. The quantitative estimate of drug-likeness (QED) is 0.897. The Morgan fingerprint density at radius 1 is 1.25 bits per heavy atom. The van der Waals surface area contributed by atoms with Crippen molar-refractivity contribution in [1.29, 1.82) is 0 Å². The maximum absolute atomic E-state index is 12.3. The molecule has 1 aliphatic heterocycles. The molecule has 0 amide bonds. The van der Waals surface area contributed by atoms with Crippen LogP contribution in [-0.2, 0) is 0 Å². The van der Waals surface area contributed by atoms with Crippen LogP contribution in [0.4, 0.5) is 0 Å². The maximum atomic E-state index is 12.3. The molecule has 1 aromatic carbocycles. The van der Waals surface area contributed by atoms with Gasteiger partial charge in [-0.1, -0.05) is 0 Å². The zero-order chi connectivity index (χ0) is 14.7. The molecule has 0 fully saturated rings. The summed E-state index contributed by atoms with van der Waals surface area (Å²) in [5.41, 5.74) is 0.385. The van der Waals surface area contributed by atoms with E-state index in [1.165, 1.54) is 21.3 Å². The average Bonchev–Trinajstić information content (AvgIpc) is 2.64. The number of aliphatic hydroxyl groups excluding tert-OH is 1. The highest BCUT2D eigenvalue weighted by Crippen LogP contribution is 2.48. The molecule has 20 heavy (non-hydrogen) atoms. The zero-order valence-corrected chi connectivity index (χ0v) is 11.8. The van der Waals surface area contributed by atoms with Gasteiger partial charge in [0.05, 0.1) is 33.5 Å². The number of hydrogen-bond donors (Lipinski definition) is 1. The Bertz CT molecular complexity index is 511. The molecule has 1 unspecified atom stereocenters. The molecule has 1 heterocycles. The summed E-state index contributed by atoms with van der Waals surface area (Å²) in [6, 6.07) is 1.58. The van der Waals surface area contributed by atoms with Gasteiger partial charge in [0, 0.05) is 18.9 Å². The van der Waals surface area contributed by atoms with Crippen molar-refractivity contribution in [2.45, 2.75) is 6.42 Å². The standard InChI is InChI=1S/C14H18O6/c1-17-11-5-9-10(16)4-8(6-15)7-20-12(9)14(19-3)13(11)18-2/h5,8,15H,4,6-7H2,1-3H3. The molecule has 1 atom stereocenters. The summed E-state index contributed by atoms with van der Waals surface area (Å²) < 4.78 is 21.4. The summed E-state index contributed by atoms with van der Waals surface area (Å²) in [5.74, 6) is 1.11. The fraction of sp³-hybridized carbons (Fsp3) is 0.500. The van der Waals surface area contributed by atoms with Crippen molar-refractivity contribution in [3.8, 4) is 23.0 Å². The minimum Gasteiger partial charge on any atom is -0.493 e. The van der Waals surface area contributed by atoms with E-state index in [0.29, 0.717) is 28.6 Å². The smallest absolute Gasteiger partial charge is 0.208 e. The van der Waals surface area contributed by atoms with Crippen LogP contribution in [0.15, 0.2) is 6.07 Å². The molecule has 1 N–H and O–H groups in total. The number of aliphatic hydroxyl groups is 1. The van der Waals surface area contributed by atoms with Crippen molar-refractivity contribution < 1.29 is 28.8 Å². The van der Waals surface area contributed by atoms with E-state index < -0.39 is 0 Å². The van der Waals surface area contributed by atoms with Crippen molar-refractivity contribution in [2.24, 2.45) is 5.92 Å². The van der Waals surface area contributed by atoms with E-state index in [9.17, 15) is 9.90 Å². The van der Waals surface area contributed by atoms with Gasteiger partial charge >= 0.3 is 0 Å². The van der Waals surface area contributed by atoms with Crippen LogP contribution in [0, 0.1) is 5.92 Å². The monoisotopic (exact) mass is 282 g/mol. The Morgan fingerprint density at radius 3 is 2.50 bits per heavy atom. The molecule has 0 aromatic heterocycles. The first-order chi connectivity index (χ1) is 9.65. The molecule has 6 nitrogen and oxygen atoms in total. The van der Waals surface area contributed by atoms with Crippen LogP contribution in [0.5, 0.6) is 23.0 Å². The van der Waals surface area contributed by atoms with E-state index in [0.717, 1.165) is 0 Å². The van der Waals surface area contributed by atoms with E-state index in [4.69, 9.17) is 18.9 Å². The minimum atomic E-state index is -0.225. The van der Waals surface area contributed by atoms with E-state index in [2.05, 4.69) is 0 Å². The Kier molecular flexibility index (Phi) is 4.34. The summed E-state index contributed by atoms with van der Waals surface area (Å²) in [6.45, 7) is 0.150. The first kappa shape index (κ1) is 14.5. The minimum absolute atomic E-state index is 0.101. The van der Waals surface area contributed by atoms with Gasteiger partial charge in [-0.05, 0) is 6.07 Å². The van der Waals surface area contributed by atoms with E-state index >= 15 is 0 Å².